The van der Waals surface area contributed by atoms with E-state index >= 15 is 0 Å². The normalized spacial score (nSPS) is 18.1. The van der Waals surface area contributed by atoms with Crippen molar-refractivity contribution in [2.45, 2.75) is 57.4 Å². The second kappa shape index (κ2) is 7.58. The first-order valence-electron chi connectivity index (χ1n) is 7.59. The van der Waals surface area contributed by atoms with Crippen molar-refractivity contribution in [2.75, 3.05) is 7.05 Å². The van der Waals surface area contributed by atoms with Crippen LogP contribution < -0.4 is 5.32 Å². The van der Waals surface area contributed by atoms with Gasteiger partial charge in [0.15, 0.2) is 0 Å². The predicted octanol–water partition coefficient (Wildman–Crippen LogP) is 4.18. The molecule has 1 aliphatic carbocycles. The van der Waals surface area contributed by atoms with Gasteiger partial charge in [-0.2, -0.15) is 0 Å². The van der Waals surface area contributed by atoms with Crippen LogP contribution in [0.5, 0.6) is 0 Å². The number of aryl methyl sites for hydroxylation is 1. The minimum Gasteiger partial charge on any atom is -0.317 e. The van der Waals surface area contributed by atoms with E-state index in [9.17, 15) is 0 Å². The van der Waals surface area contributed by atoms with Crippen molar-refractivity contribution < 1.29 is 0 Å². The molecule has 1 fully saturated rings. The Morgan fingerprint density at radius 1 is 1.11 bits per heavy atom. The van der Waals surface area contributed by atoms with Gasteiger partial charge in [-0.05, 0) is 44.2 Å². The van der Waals surface area contributed by atoms with Crippen molar-refractivity contribution in [3.8, 4) is 0 Å². The first kappa shape index (κ1) is 13.6. The number of nitrogens with one attached hydrogen (secondary N) is 1. The Morgan fingerprint density at radius 2 is 1.83 bits per heavy atom. The van der Waals surface area contributed by atoms with E-state index in [1.165, 1.54) is 56.9 Å². The van der Waals surface area contributed by atoms with Crippen LogP contribution >= 0.6 is 0 Å². The molecule has 0 radical (unpaired) electrons. The molecule has 0 amide bonds. The standard InChI is InChI=1S/C17H27N/c1-18-17(14-12-16-9-5-6-10-16)13-11-15-7-3-2-4-8-15/h2-4,7-8,16-18H,5-6,9-14H2,1H3. The summed E-state index contributed by atoms with van der Waals surface area (Å²) in [5, 5.41) is 3.50. The van der Waals surface area contributed by atoms with E-state index in [-0.39, 0.29) is 0 Å². The highest BCUT2D eigenvalue weighted by Gasteiger charge is 2.16. The van der Waals surface area contributed by atoms with Crippen LogP contribution in [0.4, 0.5) is 0 Å². The molecule has 1 heteroatoms. The zero-order valence-corrected chi connectivity index (χ0v) is 11.7. The molecule has 1 aliphatic rings. The molecule has 0 aliphatic heterocycles. The lowest BCUT2D eigenvalue weighted by Crippen LogP contribution is -2.26. The molecule has 1 aromatic carbocycles. The maximum absolute atomic E-state index is 3.50. The zero-order chi connectivity index (χ0) is 12.6. The van der Waals surface area contributed by atoms with Crippen LogP contribution in [0.1, 0.15) is 50.5 Å². The highest BCUT2D eigenvalue weighted by molar-refractivity contribution is 5.14. The van der Waals surface area contributed by atoms with Crippen LogP contribution in [0, 0.1) is 5.92 Å². The maximum atomic E-state index is 3.50. The molecule has 0 bridgehead atoms. The molecular formula is C17H27N. The minimum atomic E-state index is 0.700. The summed E-state index contributed by atoms with van der Waals surface area (Å²) in [6.45, 7) is 0. The van der Waals surface area contributed by atoms with Crippen molar-refractivity contribution in [3.63, 3.8) is 0 Å². The summed E-state index contributed by atoms with van der Waals surface area (Å²) in [7, 11) is 2.12. The van der Waals surface area contributed by atoms with Crippen LogP contribution in [0.25, 0.3) is 0 Å². The van der Waals surface area contributed by atoms with Crippen molar-refractivity contribution >= 4 is 0 Å². The molecule has 18 heavy (non-hydrogen) atoms. The largest absolute Gasteiger partial charge is 0.317 e. The molecule has 0 saturated heterocycles. The lowest BCUT2D eigenvalue weighted by Gasteiger charge is -2.18. The Balaban J connectivity index is 1.68. The smallest absolute Gasteiger partial charge is 0.00673 e. The van der Waals surface area contributed by atoms with E-state index in [4.69, 9.17) is 0 Å². The van der Waals surface area contributed by atoms with Crippen LogP contribution in [0.3, 0.4) is 0 Å². The molecule has 1 nitrogen and oxygen atoms in total. The summed E-state index contributed by atoms with van der Waals surface area (Å²) in [4.78, 5) is 0. The fourth-order valence-electron chi connectivity index (χ4n) is 3.15. The molecule has 1 unspecified atom stereocenters. The van der Waals surface area contributed by atoms with Gasteiger partial charge < -0.3 is 5.32 Å². The molecule has 1 saturated carbocycles. The fourth-order valence-corrected chi connectivity index (χ4v) is 3.15. The van der Waals surface area contributed by atoms with E-state index in [1.807, 2.05) is 0 Å². The number of hydrogen-bond acceptors (Lipinski definition) is 1. The predicted molar refractivity (Wildman–Crippen MR) is 78.8 cm³/mol. The SMILES string of the molecule is CNC(CCc1ccccc1)CCC1CCCC1. The minimum absolute atomic E-state index is 0.700. The molecular weight excluding hydrogens is 218 g/mol. The Bertz CT molecular complexity index is 314. The Hall–Kier alpha value is -0.820. The topological polar surface area (TPSA) is 12.0 Å². The molecule has 0 aromatic heterocycles. The van der Waals surface area contributed by atoms with Crippen LogP contribution in [0.2, 0.25) is 0 Å². The summed E-state index contributed by atoms with van der Waals surface area (Å²) >= 11 is 0. The molecule has 100 valence electrons. The van der Waals surface area contributed by atoms with Gasteiger partial charge >= 0.3 is 0 Å². The van der Waals surface area contributed by atoms with Crippen LogP contribution in [0.15, 0.2) is 30.3 Å². The highest BCUT2D eigenvalue weighted by atomic mass is 14.9. The number of hydrogen-bond donors (Lipinski definition) is 1. The molecule has 0 spiro atoms. The summed E-state index contributed by atoms with van der Waals surface area (Å²) in [6, 6.07) is 11.6. The number of rotatable bonds is 7. The van der Waals surface area contributed by atoms with Gasteiger partial charge in [0, 0.05) is 6.04 Å². The molecule has 2 rings (SSSR count). The third-order valence-corrected chi connectivity index (χ3v) is 4.43. The average Bonchev–Trinajstić information content (AvgIpc) is 2.93. The summed E-state index contributed by atoms with van der Waals surface area (Å²) in [6.07, 6.45) is 11.2. The molecule has 1 atom stereocenters. The van der Waals surface area contributed by atoms with Crippen molar-refractivity contribution in [3.05, 3.63) is 35.9 Å². The van der Waals surface area contributed by atoms with Crippen LogP contribution in [-0.2, 0) is 6.42 Å². The Kier molecular flexibility index (Phi) is 5.73. The lowest BCUT2D eigenvalue weighted by molar-refractivity contribution is 0.406. The van der Waals surface area contributed by atoms with Gasteiger partial charge in [0.05, 0.1) is 0 Å². The summed E-state index contributed by atoms with van der Waals surface area (Å²) in [5.74, 6) is 1.03. The lowest BCUT2D eigenvalue weighted by atomic mass is 9.95. The molecule has 1 N–H and O–H groups in total. The van der Waals surface area contributed by atoms with E-state index in [2.05, 4.69) is 42.7 Å². The second-order valence-electron chi connectivity index (χ2n) is 5.74. The summed E-state index contributed by atoms with van der Waals surface area (Å²) < 4.78 is 0. The van der Waals surface area contributed by atoms with E-state index in [0.717, 1.165) is 5.92 Å². The van der Waals surface area contributed by atoms with Gasteiger partial charge in [-0.15, -0.1) is 0 Å². The maximum Gasteiger partial charge on any atom is 0.00673 e. The second-order valence-corrected chi connectivity index (χ2v) is 5.74. The Morgan fingerprint density at radius 3 is 2.50 bits per heavy atom. The third-order valence-electron chi connectivity index (χ3n) is 4.43. The quantitative estimate of drug-likeness (QED) is 0.760. The van der Waals surface area contributed by atoms with Crippen LogP contribution in [-0.4, -0.2) is 13.1 Å². The van der Waals surface area contributed by atoms with Gasteiger partial charge in [-0.1, -0.05) is 56.0 Å². The van der Waals surface area contributed by atoms with E-state index < -0.39 is 0 Å². The van der Waals surface area contributed by atoms with E-state index in [1.54, 1.807) is 0 Å². The van der Waals surface area contributed by atoms with Gasteiger partial charge in [-0.25, -0.2) is 0 Å². The van der Waals surface area contributed by atoms with Gasteiger partial charge in [0.1, 0.15) is 0 Å². The van der Waals surface area contributed by atoms with Crippen molar-refractivity contribution in [1.29, 1.82) is 0 Å². The first-order valence-corrected chi connectivity index (χ1v) is 7.59. The van der Waals surface area contributed by atoms with Gasteiger partial charge in [0.2, 0.25) is 0 Å². The van der Waals surface area contributed by atoms with Crippen molar-refractivity contribution in [1.82, 2.24) is 5.32 Å². The first-order chi connectivity index (χ1) is 8.88. The highest BCUT2D eigenvalue weighted by Crippen LogP contribution is 2.29. The monoisotopic (exact) mass is 245 g/mol. The molecule has 1 aromatic rings. The van der Waals surface area contributed by atoms with E-state index in [0.29, 0.717) is 6.04 Å². The molecule has 0 heterocycles. The Labute approximate surface area is 112 Å². The third kappa shape index (κ3) is 4.45. The average molecular weight is 245 g/mol. The van der Waals surface area contributed by atoms with Gasteiger partial charge in [-0.3, -0.25) is 0 Å². The zero-order valence-electron chi connectivity index (χ0n) is 11.7. The summed E-state index contributed by atoms with van der Waals surface area (Å²) in [5.41, 5.74) is 1.47. The number of benzene rings is 1. The fraction of sp³-hybridized carbons (Fsp3) is 0.647. The van der Waals surface area contributed by atoms with Gasteiger partial charge in [0.25, 0.3) is 0 Å². The van der Waals surface area contributed by atoms with Crippen molar-refractivity contribution in [2.24, 2.45) is 5.92 Å².